The van der Waals surface area contributed by atoms with E-state index in [1.54, 1.807) is 7.11 Å². The molecular weight excluding hydrogens is 422 g/mol. The molecule has 1 aromatic heterocycles. The van der Waals surface area contributed by atoms with Gasteiger partial charge in [-0.25, -0.2) is 9.97 Å². The topological polar surface area (TPSA) is 85.8 Å². The molecule has 6 nitrogen and oxygen atoms in total. The van der Waals surface area contributed by atoms with Gasteiger partial charge >= 0.3 is 0 Å². The number of benzene rings is 3. The molecule has 1 aliphatic heterocycles. The molecule has 0 amide bonds. The van der Waals surface area contributed by atoms with E-state index in [0.717, 1.165) is 33.4 Å². The molecule has 3 aromatic carbocycles. The van der Waals surface area contributed by atoms with Crippen LogP contribution in [0.15, 0.2) is 72.8 Å². The number of para-hydroxylation sites is 2. The highest BCUT2D eigenvalue weighted by atomic mass is 16.5. The normalized spacial score (nSPS) is 22.2. The van der Waals surface area contributed by atoms with Gasteiger partial charge in [-0.3, -0.25) is 4.90 Å². The highest BCUT2D eigenvalue weighted by Crippen LogP contribution is 2.65. The zero-order valence-electron chi connectivity index (χ0n) is 18.9. The average molecular weight is 444 g/mol. The molecule has 1 fully saturated rings. The second kappa shape index (κ2) is 7.12. The maximum atomic E-state index is 10.8. The first kappa shape index (κ1) is 20.4. The van der Waals surface area contributed by atoms with Gasteiger partial charge in [-0.1, -0.05) is 48.5 Å². The van der Waals surface area contributed by atoms with Crippen LogP contribution in [0.2, 0.25) is 0 Å². The van der Waals surface area contributed by atoms with Crippen LogP contribution in [0.4, 0.5) is 0 Å². The average Bonchev–Trinajstić information content (AvgIpc) is 3.33. The summed E-state index contributed by atoms with van der Waals surface area (Å²) in [4.78, 5) is 12.2. The molecule has 6 heteroatoms. The molecule has 2 heterocycles. The van der Waals surface area contributed by atoms with Crippen molar-refractivity contribution in [1.82, 2.24) is 14.9 Å². The van der Waals surface area contributed by atoms with E-state index in [-0.39, 0.29) is 5.92 Å². The third-order valence-electron chi connectivity index (χ3n) is 7.46. The minimum Gasteiger partial charge on any atom is -0.497 e. The first-order valence-electron chi connectivity index (χ1n) is 11.2. The first-order chi connectivity index (χ1) is 16.6. The number of nitriles is 2. The van der Waals surface area contributed by atoms with E-state index in [1.807, 2.05) is 79.8 Å². The summed E-state index contributed by atoms with van der Waals surface area (Å²) >= 11 is 0. The predicted octanol–water partition coefficient (Wildman–Crippen LogP) is 4.63. The zero-order chi connectivity index (χ0) is 23.5. The van der Waals surface area contributed by atoms with E-state index in [2.05, 4.69) is 17.0 Å². The van der Waals surface area contributed by atoms with Crippen molar-refractivity contribution in [2.45, 2.75) is 11.5 Å². The molecular formula is C28H21N5O. The lowest BCUT2D eigenvalue weighted by atomic mass is 9.62. The van der Waals surface area contributed by atoms with Crippen molar-refractivity contribution in [1.29, 1.82) is 10.5 Å². The molecule has 0 bridgehead atoms. The van der Waals surface area contributed by atoms with Crippen LogP contribution in [0.3, 0.4) is 0 Å². The van der Waals surface area contributed by atoms with Crippen molar-refractivity contribution in [3.05, 3.63) is 89.6 Å². The van der Waals surface area contributed by atoms with Gasteiger partial charge in [0.05, 0.1) is 41.7 Å². The zero-order valence-corrected chi connectivity index (χ0v) is 18.9. The Balaban J connectivity index is 1.71. The van der Waals surface area contributed by atoms with E-state index >= 15 is 0 Å². The minimum absolute atomic E-state index is 0.380. The van der Waals surface area contributed by atoms with Crippen molar-refractivity contribution >= 4 is 11.0 Å². The summed E-state index contributed by atoms with van der Waals surface area (Å²) in [6.45, 7) is 0.510. The molecule has 1 aliphatic carbocycles. The van der Waals surface area contributed by atoms with Crippen molar-refractivity contribution < 1.29 is 4.74 Å². The number of methoxy groups -OCH3 is 1. The van der Waals surface area contributed by atoms with Gasteiger partial charge in [-0.15, -0.1) is 0 Å². The first-order valence-corrected chi connectivity index (χ1v) is 11.2. The Kier molecular flexibility index (Phi) is 4.26. The van der Waals surface area contributed by atoms with Crippen LogP contribution in [0.25, 0.3) is 22.3 Å². The number of likely N-dealkylation sites (tertiary alicyclic amines) is 1. The molecule has 2 atom stereocenters. The monoisotopic (exact) mass is 443 g/mol. The van der Waals surface area contributed by atoms with Gasteiger partial charge in [-0.2, -0.15) is 10.5 Å². The fourth-order valence-electron chi connectivity index (χ4n) is 6.02. The highest BCUT2D eigenvalue weighted by Gasteiger charge is 2.70. The largest absolute Gasteiger partial charge is 0.497 e. The summed E-state index contributed by atoms with van der Waals surface area (Å²) in [7, 11) is 3.60. The minimum atomic E-state index is -1.44. The van der Waals surface area contributed by atoms with Crippen LogP contribution >= 0.6 is 0 Å². The summed E-state index contributed by atoms with van der Waals surface area (Å²) in [5, 5.41) is 21.6. The van der Waals surface area contributed by atoms with Gasteiger partial charge in [0, 0.05) is 18.0 Å². The number of rotatable bonds is 2. The number of fused-ring (bicyclic) bond motifs is 6. The van der Waals surface area contributed by atoms with E-state index in [4.69, 9.17) is 14.7 Å². The number of likely N-dealkylation sites (N-methyl/N-ethyl adjacent to an activating group) is 1. The summed E-state index contributed by atoms with van der Waals surface area (Å²) in [6, 6.07) is 28.3. The molecule has 0 unspecified atom stereocenters. The van der Waals surface area contributed by atoms with Gasteiger partial charge < -0.3 is 4.74 Å². The van der Waals surface area contributed by atoms with Crippen molar-refractivity contribution in [2.24, 2.45) is 5.41 Å². The van der Waals surface area contributed by atoms with Crippen LogP contribution in [0, 0.1) is 28.1 Å². The van der Waals surface area contributed by atoms with Crippen LogP contribution in [-0.4, -0.2) is 35.6 Å². The Morgan fingerprint density at radius 3 is 2.38 bits per heavy atom. The molecule has 1 saturated heterocycles. The maximum absolute atomic E-state index is 10.8. The molecule has 2 aliphatic rings. The van der Waals surface area contributed by atoms with Gasteiger partial charge in [0.15, 0.2) is 5.41 Å². The molecule has 1 spiro atoms. The second-order valence-electron chi connectivity index (χ2n) is 8.91. The van der Waals surface area contributed by atoms with E-state index in [0.29, 0.717) is 18.0 Å². The Morgan fingerprint density at radius 1 is 0.941 bits per heavy atom. The van der Waals surface area contributed by atoms with Crippen LogP contribution in [-0.2, 0) is 5.54 Å². The number of aromatic nitrogens is 2. The fraction of sp³-hybridized carbons (Fsp3) is 0.214. The fourth-order valence-corrected chi connectivity index (χ4v) is 6.02. The lowest BCUT2D eigenvalue weighted by Gasteiger charge is -2.40. The van der Waals surface area contributed by atoms with E-state index < -0.39 is 11.0 Å². The number of hydrogen-bond acceptors (Lipinski definition) is 6. The van der Waals surface area contributed by atoms with Crippen LogP contribution < -0.4 is 4.74 Å². The van der Waals surface area contributed by atoms with Gasteiger partial charge in [0.1, 0.15) is 11.3 Å². The van der Waals surface area contributed by atoms with Crippen molar-refractivity contribution in [2.75, 3.05) is 20.7 Å². The molecule has 34 heavy (non-hydrogen) atoms. The summed E-state index contributed by atoms with van der Waals surface area (Å²) in [5.41, 5.74) is 3.16. The molecule has 4 aromatic rings. The standard InChI is InChI=1S/C28H21N5O/c1-33-15-22(18-8-7-9-19(14-18)34-2)27(16-29,17-30)28(33)21-11-4-3-10-20(21)25-26(28)32-24-13-6-5-12-23(24)31-25/h3-14,22H,15H2,1-2H3/t22-,28-/m1/s1. The van der Waals surface area contributed by atoms with Gasteiger partial charge in [-0.05, 0) is 42.4 Å². The van der Waals surface area contributed by atoms with Crippen LogP contribution in [0.1, 0.15) is 22.7 Å². The Hall–Kier alpha value is -4.26. The summed E-state index contributed by atoms with van der Waals surface area (Å²) < 4.78 is 5.45. The number of hydrogen-bond donors (Lipinski definition) is 0. The lowest BCUT2D eigenvalue weighted by molar-refractivity contribution is 0.165. The molecule has 164 valence electrons. The Labute approximate surface area is 197 Å². The quantitative estimate of drug-likeness (QED) is 0.449. The summed E-state index contributed by atoms with van der Waals surface area (Å²) in [5.74, 6) is 0.318. The Bertz CT molecular complexity index is 1530. The van der Waals surface area contributed by atoms with Gasteiger partial charge in [0.2, 0.25) is 0 Å². The third kappa shape index (κ3) is 2.31. The number of ether oxygens (including phenoxy) is 1. The number of nitrogens with zero attached hydrogens (tertiary/aromatic N) is 5. The lowest BCUT2D eigenvalue weighted by Crippen LogP contribution is -2.49. The Morgan fingerprint density at radius 2 is 1.65 bits per heavy atom. The van der Waals surface area contributed by atoms with Crippen molar-refractivity contribution in [3.8, 4) is 29.1 Å². The van der Waals surface area contributed by atoms with E-state index in [9.17, 15) is 10.5 Å². The molecule has 0 radical (unpaired) electrons. The molecule has 0 N–H and O–H groups in total. The maximum Gasteiger partial charge on any atom is 0.179 e. The van der Waals surface area contributed by atoms with E-state index in [1.165, 1.54) is 0 Å². The second-order valence-corrected chi connectivity index (χ2v) is 8.91. The highest BCUT2D eigenvalue weighted by molar-refractivity contribution is 5.85. The third-order valence-corrected chi connectivity index (χ3v) is 7.46. The predicted molar refractivity (Wildman–Crippen MR) is 128 cm³/mol. The van der Waals surface area contributed by atoms with Gasteiger partial charge in [0.25, 0.3) is 0 Å². The molecule has 6 rings (SSSR count). The smallest absolute Gasteiger partial charge is 0.179 e. The van der Waals surface area contributed by atoms with Crippen molar-refractivity contribution in [3.63, 3.8) is 0 Å². The summed E-state index contributed by atoms with van der Waals surface area (Å²) in [6.07, 6.45) is 0. The van der Waals surface area contributed by atoms with Crippen LogP contribution in [0.5, 0.6) is 5.75 Å². The SMILES string of the molecule is COc1cccc([C@H]2CN(C)[C@@]3(c4ccccc4-c4nc5ccccc5nc43)C2(C#N)C#N)c1. The molecule has 0 saturated carbocycles.